The number of rotatable bonds is 3. The Morgan fingerprint density at radius 1 is 1.29 bits per heavy atom. The molecule has 4 nitrogen and oxygen atoms in total. The normalized spacial score (nSPS) is 25.0. The van der Waals surface area contributed by atoms with Gasteiger partial charge in [-0.2, -0.15) is 0 Å². The van der Waals surface area contributed by atoms with Crippen molar-refractivity contribution in [1.29, 1.82) is 0 Å². The maximum absolute atomic E-state index is 12.7. The van der Waals surface area contributed by atoms with Gasteiger partial charge in [0.15, 0.2) is 0 Å². The number of benzene rings is 1. The van der Waals surface area contributed by atoms with Crippen LogP contribution >= 0.6 is 12.4 Å². The Bertz CT molecular complexity index is 484. The van der Waals surface area contributed by atoms with Gasteiger partial charge < -0.3 is 15.0 Å². The minimum absolute atomic E-state index is 0. The molecule has 1 N–H and O–H groups in total. The second-order valence-corrected chi connectivity index (χ2v) is 5.89. The number of piperidine rings is 1. The van der Waals surface area contributed by atoms with Crippen LogP contribution in [-0.2, 0) is 11.3 Å². The molecule has 2 fully saturated rings. The van der Waals surface area contributed by atoms with Gasteiger partial charge in [-0.1, -0.05) is 12.1 Å². The molecule has 116 valence electrons. The van der Waals surface area contributed by atoms with Gasteiger partial charge in [0.1, 0.15) is 5.75 Å². The first kappa shape index (κ1) is 16.1. The average Bonchev–Trinajstić information content (AvgIpc) is 2.78. The molecular weight excluding hydrogens is 288 g/mol. The number of ether oxygens (including phenoxy) is 1. The number of nitrogens with zero attached hydrogens (tertiary/aromatic N) is 1. The van der Waals surface area contributed by atoms with Gasteiger partial charge in [0, 0.05) is 19.6 Å². The third-order valence-electron chi connectivity index (χ3n) is 4.61. The highest BCUT2D eigenvalue weighted by Crippen LogP contribution is 2.38. The van der Waals surface area contributed by atoms with Crippen molar-refractivity contribution >= 4 is 18.3 Å². The molecule has 2 heterocycles. The van der Waals surface area contributed by atoms with Crippen molar-refractivity contribution in [3.8, 4) is 5.75 Å². The van der Waals surface area contributed by atoms with E-state index < -0.39 is 0 Å². The van der Waals surface area contributed by atoms with Crippen LogP contribution in [0.4, 0.5) is 0 Å². The van der Waals surface area contributed by atoms with Gasteiger partial charge in [-0.25, -0.2) is 0 Å². The summed E-state index contributed by atoms with van der Waals surface area (Å²) in [4.78, 5) is 14.7. The van der Waals surface area contributed by atoms with Crippen LogP contribution in [-0.4, -0.2) is 37.6 Å². The van der Waals surface area contributed by atoms with Crippen molar-refractivity contribution in [2.24, 2.45) is 5.41 Å². The molecule has 21 heavy (non-hydrogen) atoms. The Morgan fingerprint density at radius 2 is 2.05 bits per heavy atom. The Balaban J connectivity index is 0.00000161. The quantitative estimate of drug-likeness (QED) is 0.931. The molecule has 2 aliphatic heterocycles. The summed E-state index contributed by atoms with van der Waals surface area (Å²) in [5.41, 5.74) is 1.05. The molecule has 1 atom stereocenters. The number of nitrogens with one attached hydrogen (secondary N) is 1. The second-order valence-electron chi connectivity index (χ2n) is 5.89. The van der Waals surface area contributed by atoms with Crippen molar-refractivity contribution in [2.75, 3.05) is 26.7 Å². The number of hydrogen-bond acceptors (Lipinski definition) is 3. The van der Waals surface area contributed by atoms with Crippen LogP contribution in [0.5, 0.6) is 5.75 Å². The first-order valence-corrected chi connectivity index (χ1v) is 7.37. The van der Waals surface area contributed by atoms with E-state index in [0.29, 0.717) is 12.5 Å². The number of amides is 1. The van der Waals surface area contributed by atoms with Crippen LogP contribution in [0, 0.1) is 5.41 Å². The van der Waals surface area contributed by atoms with Gasteiger partial charge in [0.25, 0.3) is 0 Å². The predicted octanol–water partition coefficient (Wildman–Crippen LogP) is 2.22. The minimum atomic E-state index is -0.120. The molecular formula is C16H23ClN2O2. The van der Waals surface area contributed by atoms with Crippen LogP contribution in [0.2, 0.25) is 0 Å². The molecule has 1 unspecified atom stereocenters. The third kappa shape index (κ3) is 3.16. The number of carbonyl (C=O) groups is 1. The topological polar surface area (TPSA) is 41.6 Å². The fourth-order valence-electron chi connectivity index (χ4n) is 3.36. The molecule has 0 saturated carbocycles. The van der Waals surface area contributed by atoms with E-state index in [2.05, 4.69) is 5.32 Å². The Morgan fingerprint density at radius 3 is 2.67 bits per heavy atom. The van der Waals surface area contributed by atoms with E-state index in [1.54, 1.807) is 7.11 Å². The molecule has 1 amide bonds. The Labute approximate surface area is 132 Å². The number of methoxy groups -OCH3 is 1. The molecule has 1 spiro atoms. The zero-order valence-corrected chi connectivity index (χ0v) is 13.2. The summed E-state index contributed by atoms with van der Waals surface area (Å²) in [6.45, 7) is 3.50. The summed E-state index contributed by atoms with van der Waals surface area (Å²) in [6.07, 6.45) is 3.15. The standard InChI is InChI=1S/C16H22N2O2.ClH/c1-20-14-5-3-13(4-6-14)11-18-10-8-16(15(18)19)7-2-9-17-12-16;/h3-6,17H,2,7-12H2,1H3;1H. The SMILES string of the molecule is COc1ccc(CN2CCC3(CCCNC3)C2=O)cc1.Cl. The van der Waals surface area contributed by atoms with Crippen molar-refractivity contribution < 1.29 is 9.53 Å². The fraction of sp³-hybridized carbons (Fsp3) is 0.562. The van der Waals surface area contributed by atoms with Gasteiger partial charge in [0.05, 0.1) is 12.5 Å². The van der Waals surface area contributed by atoms with Gasteiger partial charge in [-0.15, -0.1) is 12.4 Å². The predicted molar refractivity (Wildman–Crippen MR) is 84.8 cm³/mol. The summed E-state index contributed by atoms with van der Waals surface area (Å²) < 4.78 is 5.16. The van der Waals surface area contributed by atoms with Crippen molar-refractivity contribution in [1.82, 2.24) is 10.2 Å². The number of hydrogen-bond donors (Lipinski definition) is 1. The van der Waals surface area contributed by atoms with Crippen molar-refractivity contribution in [3.05, 3.63) is 29.8 Å². The van der Waals surface area contributed by atoms with Gasteiger partial charge in [-0.05, 0) is 43.5 Å². The van der Waals surface area contributed by atoms with Crippen molar-refractivity contribution in [3.63, 3.8) is 0 Å². The van der Waals surface area contributed by atoms with Crippen LogP contribution in [0.25, 0.3) is 0 Å². The maximum Gasteiger partial charge on any atom is 0.230 e. The summed E-state index contributed by atoms with van der Waals surface area (Å²) >= 11 is 0. The van der Waals surface area contributed by atoms with E-state index in [1.165, 1.54) is 5.56 Å². The fourth-order valence-corrected chi connectivity index (χ4v) is 3.36. The third-order valence-corrected chi connectivity index (χ3v) is 4.61. The van der Waals surface area contributed by atoms with Crippen molar-refractivity contribution in [2.45, 2.75) is 25.8 Å². The van der Waals surface area contributed by atoms with E-state index >= 15 is 0 Å². The maximum atomic E-state index is 12.7. The highest BCUT2D eigenvalue weighted by atomic mass is 35.5. The zero-order chi connectivity index (χ0) is 14.0. The smallest absolute Gasteiger partial charge is 0.230 e. The highest BCUT2D eigenvalue weighted by Gasteiger charge is 2.46. The summed E-state index contributed by atoms with van der Waals surface area (Å²) in [6, 6.07) is 7.98. The van der Waals surface area contributed by atoms with E-state index in [-0.39, 0.29) is 17.8 Å². The molecule has 2 aliphatic rings. The highest BCUT2D eigenvalue weighted by molar-refractivity contribution is 5.85. The lowest BCUT2D eigenvalue weighted by atomic mass is 9.79. The first-order chi connectivity index (χ1) is 9.73. The molecule has 0 aliphatic carbocycles. The number of likely N-dealkylation sites (tertiary alicyclic amines) is 1. The summed E-state index contributed by atoms with van der Waals surface area (Å²) in [7, 11) is 1.67. The lowest BCUT2D eigenvalue weighted by Crippen LogP contribution is -2.45. The van der Waals surface area contributed by atoms with Gasteiger partial charge >= 0.3 is 0 Å². The van der Waals surface area contributed by atoms with E-state index in [1.807, 2.05) is 29.2 Å². The molecule has 2 saturated heterocycles. The lowest BCUT2D eigenvalue weighted by Gasteiger charge is -2.32. The number of halogens is 1. The Hall–Kier alpha value is -1.26. The lowest BCUT2D eigenvalue weighted by molar-refractivity contribution is -0.137. The van der Waals surface area contributed by atoms with E-state index in [0.717, 1.165) is 44.6 Å². The average molecular weight is 311 g/mol. The largest absolute Gasteiger partial charge is 0.497 e. The van der Waals surface area contributed by atoms with E-state index in [9.17, 15) is 4.79 Å². The Kier molecular flexibility index (Phi) is 5.12. The zero-order valence-electron chi connectivity index (χ0n) is 12.4. The van der Waals surface area contributed by atoms with Crippen LogP contribution in [0.3, 0.4) is 0 Å². The molecule has 0 aromatic heterocycles. The van der Waals surface area contributed by atoms with Gasteiger partial charge in [-0.3, -0.25) is 4.79 Å². The van der Waals surface area contributed by atoms with Crippen LogP contribution < -0.4 is 10.1 Å². The molecule has 3 rings (SSSR count). The second kappa shape index (κ2) is 6.67. The number of carbonyl (C=O) groups excluding carboxylic acids is 1. The molecule has 0 radical (unpaired) electrons. The molecule has 0 bridgehead atoms. The van der Waals surface area contributed by atoms with E-state index in [4.69, 9.17) is 4.74 Å². The van der Waals surface area contributed by atoms with Crippen LogP contribution in [0.1, 0.15) is 24.8 Å². The monoisotopic (exact) mass is 310 g/mol. The minimum Gasteiger partial charge on any atom is -0.497 e. The summed E-state index contributed by atoms with van der Waals surface area (Å²) in [5, 5.41) is 3.38. The van der Waals surface area contributed by atoms with Crippen LogP contribution in [0.15, 0.2) is 24.3 Å². The molecule has 5 heteroatoms. The van der Waals surface area contributed by atoms with Gasteiger partial charge in [0.2, 0.25) is 5.91 Å². The first-order valence-electron chi connectivity index (χ1n) is 7.37. The summed E-state index contributed by atoms with van der Waals surface area (Å²) in [5.74, 6) is 1.19. The molecule has 1 aromatic carbocycles. The molecule has 1 aromatic rings.